The monoisotopic (exact) mass is 433 g/mol. The lowest BCUT2D eigenvalue weighted by Crippen LogP contribution is -2.40. The minimum absolute atomic E-state index is 0.262. The van der Waals surface area contributed by atoms with E-state index in [9.17, 15) is 4.79 Å². The van der Waals surface area contributed by atoms with E-state index in [4.69, 9.17) is 9.15 Å². The number of aromatic nitrogens is 2. The van der Waals surface area contributed by atoms with Gasteiger partial charge in [-0.2, -0.15) is 0 Å². The van der Waals surface area contributed by atoms with Gasteiger partial charge in [-0.15, -0.1) is 10.2 Å². The molecule has 0 saturated carbocycles. The van der Waals surface area contributed by atoms with E-state index in [-0.39, 0.29) is 6.09 Å². The second-order valence-electron chi connectivity index (χ2n) is 7.45. The summed E-state index contributed by atoms with van der Waals surface area (Å²) in [6.07, 6.45) is 1.23. The zero-order chi connectivity index (χ0) is 19.4. The minimum atomic E-state index is -0.488. The first-order valence-corrected chi connectivity index (χ1v) is 10.1. The average Bonchev–Trinajstić information content (AvgIpc) is 3.11. The number of alkyl halides is 1. The second-order valence-corrected chi connectivity index (χ2v) is 8.01. The molecule has 0 aliphatic carbocycles. The fourth-order valence-corrected chi connectivity index (χ4v) is 3.25. The number of ether oxygens (including phenoxy) is 1. The highest BCUT2D eigenvalue weighted by Gasteiger charge is 2.27. The Labute approximate surface area is 167 Å². The third kappa shape index (κ3) is 4.97. The molecule has 1 saturated heterocycles. The minimum Gasteiger partial charge on any atom is -0.444 e. The van der Waals surface area contributed by atoms with Crippen LogP contribution in [0, 0.1) is 0 Å². The number of amides is 1. The Balaban J connectivity index is 1.85. The van der Waals surface area contributed by atoms with E-state index in [0.29, 0.717) is 30.2 Å². The van der Waals surface area contributed by atoms with Gasteiger partial charge in [0.25, 0.3) is 0 Å². The number of likely N-dealkylation sites (tertiary alicyclic amines) is 1. The lowest BCUT2D eigenvalue weighted by Gasteiger charge is -2.31. The average molecular weight is 434 g/mol. The highest BCUT2D eigenvalue weighted by atomic mass is 79.9. The second kappa shape index (κ2) is 8.25. The predicted molar refractivity (Wildman–Crippen MR) is 106 cm³/mol. The van der Waals surface area contributed by atoms with Crippen molar-refractivity contribution in [2.45, 2.75) is 44.5 Å². The fourth-order valence-electron chi connectivity index (χ4n) is 3.03. The topological polar surface area (TPSA) is 68.5 Å². The normalized spacial score (nSPS) is 15.0. The van der Waals surface area contributed by atoms with Gasteiger partial charge in [0.05, 0.1) is 5.33 Å². The van der Waals surface area contributed by atoms with Gasteiger partial charge in [-0.1, -0.05) is 51.8 Å². The van der Waals surface area contributed by atoms with Crippen LogP contribution in [-0.2, 0) is 10.1 Å². The first kappa shape index (κ1) is 19.6. The highest BCUT2D eigenvalue weighted by Crippen LogP contribution is 2.32. The summed E-state index contributed by atoms with van der Waals surface area (Å²) < 4.78 is 11.3. The number of nitrogens with zero attached hydrogens (tertiary/aromatic N) is 3. The van der Waals surface area contributed by atoms with Crippen LogP contribution in [0.3, 0.4) is 0 Å². The van der Waals surface area contributed by atoms with E-state index in [0.717, 1.165) is 24.0 Å². The third-order valence-corrected chi connectivity index (χ3v) is 4.71. The van der Waals surface area contributed by atoms with Gasteiger partial charge < -0.3 is 14.1 Å². The fraction of sp³-hybridized carbons (Fsp3) is 0.450. The quantitative estimate of drug-likeness (QED) is 0.650. The van der Waals surface area contributed by atoms with Crippen molar-refractivity contribution in [3.63, 3.8) is 0 Å². The zero-order valence-corrected chi connectivity index (χ0v) is 17.5. The Hall–Kier alpha value is -2.15. The number of carbonyl (C=O) groups excluding carboxylic acids is 1. The Morgan fingerprint density at radius 3 is 2.41 bits per heavy atom. The zero-order valence-electron chi connectivity index (χ0n) is 15.9. The third-order valence-electron chi connectivity index (χ3n) is 4.23. The first-order chi connectivity index (χ1) is 12.9. The lowest BCUT2D eigenvalue weighted by atomic mass is 9.93. The van der Waals surface area contributed by atoms with E-state index in [1.165, 1.54) is 5.57 Å². The van der Waals surface area contributed by atoms with Gasteiger partial charge in [0.2, 0.25) is 11.8 Å². The summed E-state index contributed by atoms with van der Waals surface area (Å²) in [5.41, 5.74) is 2.74. The van der Waals surface area contributed by atoms with Crippen LogP contribution < -0.4 is 0 Å². The molecular weight excluding hydrogens is 410 g/mol. The van der Waals surface area contributed by atoms with E-state index in [2.05, 4.69) is 26.1 Å². The molecule has 0 unspecified atom stereocenters. The van der Waals surface area contributed by atoms with E-state index >= 15 is 0 Å². The number of hydrogen-bond acceptors (Lipinski definition) is 5. The van der Waals surface area contributed by atoms with Crippen LogP contribution >= 0.6 is 15.9 Å². The van der Waals surface area contributed by atoms with Crippen molar-refractivity contribution in [3.8, 4) is 0 Å². The molecule has 2 heterocycles. The Morgan fingerprint density at radius 1 is 1.19 bits per heavy atom. The molecule has 0 radical (unpaired) electrons. The summed E-state index contributed by atoms with van der Waals surface area (Å²) in [4.78, 5) is 14.1. The van der Waals surface area contributed by atoms with Gasteiger partial charge in [0, 0.05) is 18.7 Å². The van der Waals surface area contributed by atoms with Crippen LogP contribution in [0.25, 0.3) is 5.57 Å². The molecule has 0 N–H and O–H groups in total. The van der Waals surface area contributed by atoms with Crippen LogP contribution in [0.15, 0.2) is 40.3 Å². The van der Waals surface area contributed by atoms with Gasteiger partial charge in [-0.3, -0.25) is 0 Å². The van der Waals surface area contributed by atoms with Crippen molar-refractivity contribution in [2.75, 3.05) is 13.1 Å². The van der Waals surface area contributed by atoms with Crippen molar-refractivity contribution in [2.24, 2.45) is 0 Å². The van der Waals surface area contributed by atoms with Crippen LogP contribution in [0.1, 0.15) is 51.0 Å². The lowest BCUT2D eigenvalue weighted by molar-refractivity contribution is 0.0236. The van der Waals surface area contributed by atoms with Crippen molar-refractivity contribution < 1.29 is 13.9 Å². The Kier molecular flexibility index (Phi) is 5.99. The van der Waals surface area contributed by atoms with Gasteiger partial charge in [-0.25, -0.2) is 4.79 Å². The molecule has 0 spiro atoms. The predicted octanol–water partition coefficient (Wildman–Crippen LogP) is 4.80. The number of hydrogen-bond donors (Lipinski definition) is 0. The molecule has 0 atom stereocenters. The molecule has 144 valence electrons. The van der Waals surface area contributed by atoms with Crippen LogP contribution in [0.5, 0.6) is 0 Å². The molecule has 1 amide bonds. The highest BCUT2D eigenvalue weighted by molar-refractivity contribution is 9.08. The van der Waals surface area contributed by atoms with E-state index in [1.54, 1.807) is 4.90 Å². The Morgan fingerprint density at radius 2 is 1.85 bits per heavy atom. The van der Waals surface area contributed by atoms with Gasteiger partial charge in [-0.05, 0) is 39.2 Å². The number of rotatable bonds is 3. The largest absolute Gasteiger partial charge is 0.444 e. The summed E-state index contributed by atoms with van der Waals surface area (Å²) >= 11 is 3.35. The molecule has 1 aromatic carbocycles. The van der Waals surface area contributed by atoms with Gasteiger partial charge in [0.1, 0.15) is 5.60 Å². The van der Waals surface area contributed by atoms with Crippen molar-refractivity contribution in [3.05, 3.63) is 53.2 Å². The molecule has 0 bridgehead atoms. The smallest absolute Gasteiger partial charge is 0.410 e. The molecule has 27 heavy (non-hydrogen) atoms. The summed E-state index contributed by atoms with van der Waals surface area (Å²) in [7, 11) is 0. The molecule has 1 fully saturated rings. The van der Waals surface area contributed by atoms with Gasteiger partial charge >= 0.3 is 6.09 Å². The standard InChI is InChI=1S/C20H24BrN3O3/c1-20(2,3)27-19(25)24-11-9-15(10-12-24)17(14-7-5-4-6-8-14)18-23-22-16(13-21)26-18/h4-8H,9-13H2,1-3H3. The SMILES string of the molecule is CC(C)(C)OC(=O)N1CCC(=C(c2ccccc2)c2nnc(CBr)o2)CC1. The molecule has 2 aromatic rings. The molecular formula is C20H24BrN3O3. The van der Waals surface area contributed by atoms with Crippen molar-refractivity contribution in [1.29, 1.82) is 0 Å². The number of piperidine rings is 1. The summed E-state index contributed by atoms with van der Waals surface area (Å²) in [5.74, 6) is 1.07. The number of halogens is 1. The molecule has 1 aromatic heterocycles. The summed E-state index contributed by atoms with van der Waals surface area (Å²) in [6, 6.07) is 10.1. The maximum atomic E-state index is 12.3. The summed E-state index contributed by atoms with van der Waals surface area (Å²) in [5, 5.41) is 8.83. The molecule has 1 aliphatic heterocycles. The van der Waals surface area contributed by atoms with Crippen LogP contribution in [-0.4, -0.2) is 39.9 Å². The number of carbonyl (C=O) groups is 1. The van der Waals surface area contributed by atoms with Crippen LogP contribution in [0.2, 0.25) is 0 Å². The maximum absolute atomic E-state index is 12.3. The number of benzene rings is 1. The van der Waals surface area contributed by atoms with E-state index < -0.39 is 5.60 Å². The maximum Gasteiger partial charge on any atom is 0.410 e. The molecule has 7 heteroatoms. The first-order valence-electron chi connectivity index (χ1n) is 9.01. The Bertz CT molecular complexity index is 814. The van der Waals surface area contributed by atoms with Crippen LogP contribution in [0.4, 0.5) is 4.79 Å². The molecule has 3 rings (SSSR count). The van der Waals surface area contributed by atoms with Gasteiger partial charge in [0.15, 0.2) is 0 Å². The van der Waals surface area contributed by atoms with E-state index in [1.807, 2.05) is 51.1 Å². The summed E-state index contributed by atoms with van der Waals surface area (Å²) in [6.45, 7) is 6.86. The molecule has 6 nitrogen and oxygen atoms in total. The molecule has 1 aliphatic rings. The van der Waals surface area contributed by atoms with Crippen molar-refractivity contribution >= 4 is 27.6 Å². The van der Waals surface area contributed by atoms with Crippen molar-refractivity contribution in [1.82, 2.24) is 15.1 Å².